The van der Waals surface area contributed by atoms with Crippen molar-refractivity contribution in [2.45, 2.75) is 33.4 Å². The molecular formula is C20H24N4O5. The van der Waals surface area contributed by atoms with Gasteiger partial charge in [0, 0.05) is 24.9 Å². The fourth-order valence-electron chi connectivity index (χ4n) is 2.55. The molecule has 0 saturated heterocycles. The summed E-state index contributed by atoms with van der Waals surface area (Å²) in [4.78, 5) is 41.2. The Labute approximate surface area is 168 Å². The van der Waals surface area contributed by atoms with Gasteiger partial charge in [0.05, 0.1) is 17.2 Å². The predicted octanol–water partition coefficient (Wildman–Crippen LogP) is 3.15. The molecule has 2 rings (SSSR count). The minimum atomic E-state index is -0.879. The van der Waals surface area contributed by atoms with Crippen LogP contribution in [-0.4, -0.2) is 39.4 Å². The zero-order chi connectivity index (χ0) is 21.4. The molecule has 0 radical (unpaired) electrons. The minimum absolute atomic E-state index is 0.105. The summed E-state index contributed by atoms with van der Waals surface area (Å²) < 4.78 is 5.30. The molecule has 154 valence electrons. The molecule has 0 aliphatic rings. The summed E-state index contributed by atoms with van der Waals surface area (Å²) in [5, 5.41) is 13.4. The molecule has 9 heteroatoms. The highest BCUT2D eigenvalue weighted by molar-refractivity contribution is 5.85. The van der Waals surface area contributed by atoms with E-state index in [1.54, 1.807) is 26.1 Å². The maximum atomic E-state index is 12.7. The molecule has 1 unspecified atom stereocenters. The van der Waals surface area contributed by atoms with Gasteiger partial charge in [-0.25, -0.2) is 9.59 Å². The van der Waals surface area contributed by atoms with Crippen molar-refractivity contribution in [2.75, 3.05) is 6.54 Å². The van der Waals surface area contributed by atoms with E-state index in [9.17, 15) is 19.7 Å². The van der Waals surface area contributed by atoms with Crippen molar-refractivity contribution >= 4 is 17.7 Å². The van der Waals surface area contributed by atoms with Crippen LogP contribution in [0.1, 0.15) is 26.5 Å². The first-order valence-corrected chi connectivity index (χ1v) is 9.23. The average molecular weight is 400 g/mol. The highest BCUT2D eigenvalue weighted by Gasteiger charge is 2.28. The maximum Gasteiger partial charge on any atom is 0.334 e. The summed E-state index contributed by atoms with van der Waals surface area (Å²) in [5.74, 6) is -0.699. The van der Waals surface area contributed by atoms with E-state index in [-0.39, 0.29) is 17.4 Å². The molecule has 0 saturated carbocycles. The lowest BCUT2D eigenvalue weighted by molar-refractivity contribution is -0.384. The summed E-state index contributed by atoms with van der Waals surface area (Å²) in [6, 6.07) is 9.35. The van der Waals surface area contributed by atoms with Crippen molar-refractivity contribution in [3.8, 4) is 5.75 Å². The van der Waals surface area contributed by atoms with Gasteiger partial charge in [0.15, 0.2) is 0 Å². The molecule has 1 aromatic carbocycles. The Morgan fingerprint density at radius 3 is 2.41 bits per heavy atom. The molecule has 0 aliphatic heterocycles. The van der Waals surface area contributed by atoms with Crippen LogP contribution in [0.4, 0.5) is 10.5 Å². The summed E-state index contributed by atoms with van der Waals surface area (Å²) in [6.45, 7) is 6.16. The van der Waals surface area contributed by atoms with Crippen molar-refractivity contribution in [1.82, 2.24) is 15.2 Å². The van der Waals surface area contributed by atoms with Crippen molar-refractivity contribution in [3.63, 3.8) is 0 Å². The van der Waals surface area contributed by atoms with Crippen LogP contribution < -0.4 is 10.1 Å². The van der Waals surface area contributed by atoms with Gasteiger partial charge in [-0.05, 0) is 37.1 Å². The molecule has 29 heavy (non-hydrogen) atoms. The highest BCUT2D eigenvalue weighted by Crippen LogP contribution is 2.18. The number of carbonyl (C=O) groups is 2. The number of nitro groups is 1. The number of pyridine rings is 1. The highest BCUT2D eigenvalue weighted by atomic mass is 16.6. The number of nitrogens with zero attached hydrogens (tertiary/aromatic N) is 3. The van der Waals surface area contributed by atoms with Gasteiger partial charge in [-0.2, -0.15) is 0 Å². The molecule has 2 amide bonds. The van der Waals surface area contributed by atoms with Gasteiger partial charge in [-0.3, -0.25) is 15.1 Å². The Hall–Kier alpha value is -3.49. The molecule has 2 aromatic rings. The van der Waals surface area contributed by atoms with Crippen LogP contribution in [-0.2, 0) is 11.3 Å². The summed E-state index contributed by atoms with van der Waals surface area (Å²) in [7, 11) is 0. The SMILES string of the molecule is CCN(Cc1ccccn1)C(=O)NC(C(=O)Oc1ccc([N+](=O)[O-])cc1)C(C)C. The number of non-ortho nitro benzene ring substituents is 1. The second-order valence-electron chi connectivity index (χ2n) is 6.68. The molecule has 0 aliphatic carbocycles. The molecule has 1 aromatic heterocycles. The Bertz CT molecular complexity index is 840. The number of ether oxygens (including phenoxy) is 1. The molecular weight excluding hydrogens is 376 g/mol. The Morgan fingerprint density at radius 2 is 1.90 bits per heavy atom. The molecule has 0 spiro atoms. The number of hydrogen-bond donors (Lipinski definition) is 1. The second kappa shape index (κ2) is 10.2. The monoisotopic (exact) mass is 400 g/mol. The van der Waals surface area contributed by atoms with Gasteiger partial charge in [0.25, 0.3) is 5.69 Å². The average Bonchev–Trinajstić information content (AvgIpc) is 2.70. The Morgan fingerprint density at radius 1 is 1.21 bits per heavy atom. The number of nitro benzene ring substituents is 1. The van der Waals surface area contributed by atoms with Crippen LogP contribution >= 0.6 is 0 Å². The van der Waals surface area contributed by atoms with E-state index < -0.39 is 23.0 Å². The first kappa shape index (κ1) is 21.8. The van der Waals surface area contributed by atoms with Crippen molar-refractivity contribution in [3.05, 3.63) is 64.5 Å². The fourth-order valence-corrected chi connectivity index (χ4v) is 2.55. The predicted molar refractivity (Wildman–Crippen MR) is 106 cm³/mol. The van der Waals surface area contributed by atoms with Crippen LogP contribution in [0.3, 0.4) is 0 Å². The third-order valence-electron chi connectivity index (χ3n) is 4.21. The molecule has 1 atom stereocenters. The molecule has 1 heterocycles. The van der Waals surface area contributed by atoms with Crippen LogP contribution in [0.15, 0.2) is 48.7 Å². The quantitative estimate of drug-likeness (QED) is 0.315. The molecule has 9 nitrogen and oxygen atoms in total. The van der Waals surface area contributed by atoms with Gasteiger partial charge in [-0.1, -0.05) is 19.9 Å². The van der Waals surface area contributed by atoms with Gasteiger partial charge in [0.1, 0.15) is 11.8 Å². The summed E-state index contributed by atoms with van der Waals surface area (Å²) in [5.41, 5.74) is 0.630. The van der Waals surface area contributed by atoms with Crippen LogP contribution in [0.5, 0.6) is 5.75 Å². The lowest BCUT2D eigenvalue weighted by Crippen LogP contribution is -2.51. The second-order valence-corrected chi connectivity index (χ2v) is 6.68. The molecule has 0 fully saturated rings. The molecule has 1 N–H and O–H groups in total. The summed E-state index contributed by atoms with van der Waals surface area (Å²) in [6.07, 6.45) is 1.65. The molecule has 0 bridgehead atoms. The van der Waals surface area contributed by atoms with E-state index in [1.807, 2.05) is 19.1 Å². The van der Waals surface area contributed by atoms with Gasteiger partial charge in [-0.15, -0.1) is 0 Å². The van der Waals surface area contributed by atoms with Gasteiger partial charge in [0.2, 0.25) is 0 Å². The van der Waals surface area contributed by atoms with Crippen molar-refractivity contribution in [1.29, 1.82) is 0 Å². The number of aromatic nitrogens is 1. The van der Waals surface area contributed by atoms with E-state index in [0.717, 1.165) is 5.69 Å². The number of amides is 2. The van der Waals surface area contributed by atoms with E-state index in [1.165, 1.54) is 29.2 Å². The third kappa shape index (κ3) is 6.27. The van der Waals surface area contributed by atoms with E-state index >= 15 is 0 Å². The number of carbonyl (C=O) groups excluding carboxylic acids is 2. The van der Waals surface area contributed by atoms with Crippen molar-refractivity contribution in [2.24, 2.45) is 5.92 Å². The maximum absolute atomic E-state index is 12.7. The van der Waals surface area contributed by atoms with Gasteiger partial charge < -0.3 is 15.0 Å². The normalized spacial score (nSPS) is 11.6. The third-order valence-corrected chi connectivity index (χ3v) is 4.21. The fraction of sp³-hybridized carbons (Fsp3) is 0.350. The van der Waals surface area contributed by atoms with Crippen LogP contribution in [0.25, 0.3) is 0 Å². The zero-order valence-electron chi connectivity index (χ0n) is 16.6. The number of nitrogens with one attached hydrogen (secondary N) is 1. The number of hydrogen-bond acceptors (Lipinski definition) is 6. The lowest BCUT2D eigenvalue weighted by Gasteiger charge is -2.26. The van der Waals surface area contributed by atoms with E-state index in [0.29, 0.717) is 13.1 Å². The minimum Gasteiger partial charge on any atom is -0.425 e. The first-order valence-electron chi connectivity index (χ1n) is 9.23. The summed E-state index contributed by atoms with van der Waals surface area (Å²) >= 11 is 0. The van der Waals surface area contributed by atoms with E-state index in [4.69, 9.17) is 4.74 Å². The van der Waals surface area contributed by atoms with Crippen molar-refractivity contribution < 1.29 is 19.2 Å². The first-order chi connectivity index (χ1) is 13.8. The lowest BCUT2D eigenvalue weighted by atomic mass is 10.0. The zero-order valence-corrected chi connectivity index (χ0v) is 16.6. The van der Waals surface area contributed by atoms with Crippen LogP contribution in [0.2, 0.25) is 0 Å². The van der Waals surface area contributed by atoms with Gasteiger partial charge >= 0.3 is 12.0 Å². The Kier molecular flexibility index (Phi) is 7.64. The number of esters is 1. The number of benzene rings is 1. The largest absolute Gasteiger partial charge is 0.425 e. The van der Waals surface area contributed by atoms with Crippen LogP contribution in [0, 0.1) is 16.0 Å². The topological polar surface area (TPSA) is 115 Å². The smallest absolute Gasteiger partial charge is 0.334 e. The number of urea groups is 1. The standard InChI is InChI=1S/C20H24N4O5/c1-4-23(13-15-7-5-6-12-21-15)20(26)22-18(14(2)3)19(25)29-17-10-8-16(9-11-17)24(27)28/h5-12,14,18H,4,13H2,1-3H3,(H,22,26). The Balaban J connectivity index is 2.04. The number of rotatable bonds is 8. The van der Waals surface area contributed by atoms with E-state index in [2.05, 4.69) is 10.3 Å².